The summed E-state index contributed by atoms with van der Waals surface area (Å²) in [5, 5.41) is 3.28. The van der Waals surface area contributed by atoms with Crippen LogP contribution < -0.4 is 21.3 Å². The fraction of sp³-hybridized carbons (Fsp3) is 0.0571. The summed E-state index contributed by atoms with van der Waals surface area (Å²) in [7, 11) is -2.11. The molecule has 6 heteroatoms. The van der Waals surface area contributed by atoms with E-state index in [-0.39, 0.29) is 17.5 Å². The van der Waals surface area contributed by atoms with Crippen LogP contribution in [0.5, 0.6) is 0 Å². The third-order valence-corrected chi connectivity index (χ3v) is 12.7. The van der Waals surface area contributed by atoms with Crippen LogP contribution in [0.1, 0.15) is 16.9 Å². The van der Waals surface area contributed by atoms with E-state index in [0.717, 1.165) is 16.1 Å². The first-order valence-corrected chi connectivity index (χ1v) is 16.0. The number of hydrogen-bond acceptors (Lipinski definition) is 1. The number of rotatable bonds is 9. The fourth-order valence-electron chi connectivity index (χ4n) is 5.88. The van der Waals surface area contributed by atoms with Gasteiger partial charge < -0.3 is 4.57 Å². The van der Waals surface area contributed by atoms with Crippen LogP contribution in [0.15, 0.2) is 152 Å². The summed E-state index contributed by atoms with van der Waals surface area (Å²) >= 11 is 0. The van der Waals surface area contributed by atoms with Crippen molar-refractivity contribution in [2.75, 3.05) is 0 Å². The molecule has 0 aliphatic carbocycles. The van der Waals surface area contributed by atoms with Gasteiger partial charge in [0.05, 0.1) is 5.72 Å². The standard InChI is InChI=1S/C35H29BF2N2Si/c37-29-16-20-32(21-17-29)41(31-14-8-3-9-15-31,33-22-18-30(38)19-23-33)26-40-25-24-39-35(40)36-34(27-10-4-1-5-11-27)28-12-6-2-7-13-28/h1-25,34,36H,26H2. The van der Waals surface area contributed by atoms with Crippen molar-refractivity contribution in [3.8, 4) is 0 Å². The van der Waals surface area contributed by atoms with Gasteiger partial charge in [-0.25, -0.2) is 8.78 Å². The summed E-state index contributed by atoms with van der Waals surface area (Å²) in [6, 6.07) is 45.1. The molecule has 0 saturated carbocycles. The van der Waals surface area contributed by atoms with Crippen LogP contribution in [-0.2, 0) is 6.17 Å². The van der Waals surface area contributed by atoms with Gasteiger partial charge in [-0.05, 0) is 56.8 Å². The zero-order valence-electron chi connectivity index (χ0n) is 22.6. The van der Waals surface area contributed by atoms with Crippen molar-refractivity contribution in [3.05, 3.63) is 175 Å². The second-order valence-electron chi connectivity index (χ2n) is 10.3. The van der Waals surface area contributed by atoms with Crippen LogP contribution in [0, 0.1) is 11.6 Å². The summed E-state index contributed by atoms with van der Waals surface area (Å²) in [6.45, 7) is 0. The minimum Gasteiger partial charge on any atom is -0.345 e. The van der Waals surface area contributed by atoms with Crippen molar-refractivity contribution < 1.29 is 8.78 Å². The largest absolute Gasteiger partial charge is 0.345 e. The quantitative estimate of drug-likeness (QED) is 0.187. The average Bonchev–Trinajstić information content (AvgIpc) is 3.47. The Morgan fingerprint density at radius 3 is 1.51 bits per heavy atom. The Kier molecular flexibility index (Phi) is 7.74. The molecule has 41 heavy (non-hydrogen) atoms. The molecule has 5 aromatic carbocycles. The van der Waals surface area contributed by atoms with E-state index in [0.29, 0.717) is 13.4 Å². The van der Waals surface area contributed by atoms with Crippen LogP contribution >= 0.6 is 0 Å². The Balaban J connectivity index is 1.49. The number of aromatic nitrogens is 2. The van der Waals surface area contributed by atoms with Gasteiger partial charge in [0.15, 0.2) is 8.07 Å². The lowest BCUT2D eigenvalue weighted by molar-refractivity contribution is 0.628. The summed E-state index contributed by atoms with van der Waals surface area (Å²) in [5.74, 6) is -0.426. The highest BCUT2D eigenvalue weighted by Crippen LogP contribution is 2.23. The van der Waals surface area contributed by atoms with Crippen molar-refractivity contribution in [2.24, 2.45) is 0 Å². The first-order chi connectivity index (χ1) is 20.1. The van der Waals surface area contributed by atoms with Crippen molar-refractivity contribution in [1.82, 2.24) is 9.55 Å². The first-order valence-electron chi connectivity index (χ1n) is 13.8. The molecule has 0 bridgehead atoms. The zero-order valence-corrected chi connectivity index (χ0v) is 23.6. The van der Waals surface area contributed by atoms with Crippen LogP contribution in [0.3, 0.4) is 0 Å². The number of hydrogen-bond donors (Lipinski definition) is 0. The van der Waals surface area contributed by atoms with E-state index < -0.39 is 8.07 Å². The second kappa shape index (κ2) is 11.9. The van der Waals surface area contributed by atoms with E-state index in [4.69, 9.17) is 4.98 Å². The minimum absolute atomic E-state index is 0.128. The van der Waals surface area contributed by atoms with Crippen LogP contribution in [0.4, 0.5) is 8.78 Å². The molecule has 0 amide bonds. The number of benzene rings is 5. The first kappa shape index (κ1) is 26.7. The lowest BCUT2D eigenvalue weighted by atomic mass is 9.58. The summed E-state index contributed by atoms with van der Waals surface area (Å²) < 4.78 is 30.6. The SMILES string of the molecule is Fc1ccc([Si](Cn2ccnc2BC(c2ccccc2)c2ccccc2)(c2ccccc2)c2ccc(F)cc2)cc1. The van der Waals surface area contributed by atoms with Crippen LogP contribution in [0.25, 0.3) is 0 Å². The number of halogens is 2. The maximum absolute atomic E-state index is 14.2. The molecule has 0 aliphatic heterocycles. The zero-order chi connectivity index (χ0) is 28.1. The molecule has 2 nitrogen and oxygen atoms in total. The molecular weight excluding hydrogens is 525 g/mol. The highest BCUT2D eigenvalue weighted by Gasteiger charge is 2.40. The molecule has 0 unspecified atom stereocenters. The van der Waals surface area contributed by atoms with E-state index in [1.165, 1.54) is 40.6 Å². The topological polar surface area (TPSA) is 17.8 Å². The van der Waals surface area contributed by atoms with E-state index >= 15 is 0 Å². The van der Waals surface area contributed by atoms with Crippen LogP contribution in [-0.4, -0.2) is 24.9 Å². The predicted octanol–water partition coefficient (Wildman–Crippen LogP) is 4.72. The lowest BCUT2D eigenvalue weighted by Crippen LogP contribution is -2.70. The molecule has 200 valence electrons. The van der Waals surface area contributed by atoms with Crippen molar-refractivity contribution in [2.45, 2.75) is 12.0 Å². The molecule has 0 spiro atoms. The van der Waals surface area contributed by atoms with Crippen molar-refractivity contribution >= 4 is 36.6 Å². The van der Waals surface area contributed by atoms with E-state index in [9.17, 15) is 8.78 Å². The maximum atomic E-state index is 14.2. The second-order valence-corrected chi connectivity index (χ2v) is 14.2. The van der Waals surface area contributed by atoms with Gasteiger partial charge in [0.2, 0.25) is 7.28 Å². The van der Waals surface area contributed by atoms with Gasteiger partial charge in [0, 0.05) is 18.6 Å². The third kappa shape index (κ3) is 5.56. The van der Waals surface area contributed by atoms with Gasteiger partial charge in [-0.2, -0.15) is 0 Å². The normalized spacial score (nSPS) is 11.5. The molecular formula is C35H29BF2N2Si. The molecule has 0 saturated heterocycles. The molecule has 0 N–H and O–H groups in total. The van der Waals surface area contributed by atoms with Crippen LogP contribution in [0.2, 0.25) is 0 Å². The molecule has 0 atom stereocenters. The number of imidazole rings is 1. The van der Waals surface area contributed by atoms with Gasteiger partial charge >= 0.3 is 0 Å². The lowest BCUT2D eigenvalue weighted by Gasteiger charge is -2.35. The summed E-state index contributed by atoms with van der Waals surface area (Å²) in [6.07, 6.45) is 4.54. The molecule has 6 aromatic rings. The van der Waals surface area contributed by atoms with E-state index in [1.807, 2.05) is 67.0 Å². The fourth-order valence-corrected chi connectivity index (χ4v) is 10.5. The molecule has 0 aliphatic rings. The molecule has 1 heterocycles. The van der Waals surface area contributed by atoms with Gasteiger partial charge in [0.25, 0.3) is 0 Å². The summed E-state index contributed by atoms with van der Waals surface area (Å²) in [4.78, 5) is 4.87. The summed E-state index contributed by atoms with van der Waals surface area (Å²) in [5.41, 5.74) is 3.44. The van der Waals surface area contributed by atoms with Gasteiger partial charge in [-0.3, -0.25) is 4.98 Å². The molecule has 6 rings (SSSR count). The Hall–Kier alpha value is -4.55. The monoisotopic (exact) mass is 554 g/mol. The van der Waals surface area contributed by atoms with Gasteiger partial charge in [0.1, 0.15) is 11.6 Å². The Morgan fingerprint density at radius 1 is 0.585 bits per heavy atom. The molecule has 0 radical (unpaired) electrons. The van der Waals surface area contributed by atoms with Gasteiger partial charge in [-0.1, -0.05) is 115 Å². The predicted molar refractivity (Wildman–Crippen MR) is 168 cm³/mol. The maximum Gasteiger partial charge on any atom is 0.217 e. The molecule has 0 fully saturated rings. The van der Waals surface area contributed by atoms with Gasteiger partial charge in [-0.15, -0.1) is 0 Å². The Bertz CT molecular complexity index is 1610. The molecule has 1 aromatic heterocycles. The van der Waals surface area contributed by atoms with E-state index in [1.54, 1.807) is 0 Å². The Morgan fingerprint density at radius 2 is 1.02 bits per heavy atom. The Labute approximate surface area is 241 Å². The van der Waals surface area contributed by atoms with Crippen molar-refractivity contribution in [3.63, 3.8) is 0 Å². The highest BCUT2D eigenvalue weighted by molar-refractivity contribution is 7.10. The third-order valence-electron chi connectivity index (χ3n) is 7.94. The number of nitrogens with zero attached hydrogens (tertiary/aromatic N) is 2. The smallest absolute Gasteiger partial charge is 0.217 e. The van der Waals surface area contributed by atoms with E-state index in [2.05, 4.69) is 65.2 Å². The average molecular weight is 555 g/mol. The highest BCUT2D eigenvalue weighted by atomic mass is 28.3. The minimum atomic E-state index is -2.83. The van der Waals surface area contributed by atoms with Crippen molar-refractivity contribution in [1.29, 1.82) is 0 Å².